The average molecular weight is 334 g/mol. The molecule has 0 saturated carbocycles. The summed E-state index contributed by atoms with van der Waals surface area (Å²) in [5, 5.41) is 0.763. The molecule has 1 aromatic rings. The molecule has 0 aliphatic carbocycles. The van der Waals surface area contributed by atoms with Gasteiger partial charge in [0.2, 0.25) is 0 Å². The third-order valence-corrected chi connectivity index (χ3v) is 4.08. The number of rotatable bonds is 3. The first-order valence-electron chi connectivity index (χ1n) is 6.12. The summed E-state index contributed by atoms with van der Waals surface area (Å²) in [4.78, 5) is 2.35. The van der Waals surface area contributed by atoms with Gasteiger partial charge in [-0.05, 0) is 24.6 Å². The zero-order valence-corrected chi connectivity index (χ0v) is 12.7. The minimum absolute atomic E-state index is 0.164. The number of nitrogens with zero attached hydrogens (tertiary/aromatic N) is 1. The van der Waals surface area contributed by atoms with Gasteiger partial charge in [-0.3, -0.25) is 4.90 Å². The van der Waals surface area contributed by atoms with Crippen molar-refractivity contribution in [1.82, 2.24) is 4.90 Å². The molecule has 2 atom stereocenters. The monoisotopic (exact) mass is 332 g/mol. The molecule has 2 N–H and O–H groups in total. The fourth-order valence-corrected chi connectivity index (χ4v) is 3.17. The average Bonchev–Trinajstić information content (AvgIpc) is 2.33. The molecule has 100 valence electrons. The Morgan fingerprint density at radius 3 is 3.00 bits per heavy atom. The molecular formula is C13H18BrClN2O. The van der Waals surface area contributed by atoms with Crippen LogP contribution >= 0.6 is 27.5 Å². The molecule has 3 nitrogen and oxygen atoms in total. The van der Waals surface area contributed by atoms with Gasteiger partial charge in [0.05, 0.1) is 12.7 Å². The van der Waals surface area contributed by atoms with Crippen molar-refractivity contribution in [2.75, 3.05) is 26.2 Å². The summed E-state index contributed by atoms with van der Waals surface area (Å²) in [6.07, 6.45) is 0.252. The number of ether oxygens (including phenoxy) is 1. The Kier molecular flexibility index (Phi) is 5.04. The highest BCUT2D eigenvalue weighted by molar-refractivity contribution is 9.10. The molecule has 1 saturated heterocycles. The van der Waals surface area contributed by atoms with Crippen LogP contribution in [0.4, 0.5) is 0 Å². The summed E-state index contributed by atoms with van der Waals surface area (Å²) < 4.78 is 6.55. The molecule has 0 aromatic heterocycles. The maximum Gasteiger partial charge on any atom is 0.0674 e. The Balaban J connectivity index is 2.21. The van der Waals surface area contributed by atoms with E-state index in [4.69, 9.17) is 22.1 Å². The number of nitrogens with two attached hydrogens (primary N) is 1. The third kappa shape index (κ3) is 3.25. The van der Waals surface area contributed by atoms with Gasteiger partial charge in [-0.2, -0.15) is 0 Å². The van der Waals surface area contributed by atoms with Crippen molar-refractivity contribution < 1.29 is 4.74 Å². The molecule has 0 spiro atoms. The van der Waals surface area contributed by atoms with Gasteiger partial charge in [0.1, 0.15) is 0 Å². The second-order valence-corrected chi connectivity index (χ2v) is 5.92. The van der Waals surface area contributed by atoms with Gasteiger partial charge < -0.3 is 10.5 Å². The molecule has 0 bridgehead atoms. The molecule has 1 aromatic carbocycles. The quantitative estimate of drug-likeness (QED) is 0.924. The highest BCUT2D eigenvalue weighted by Crippen LogP contribution is 2.30. The van der Waals surface area contributed by atoms with Gasteiger partial charge in [0.25, 0.3) is 0 Å². The van der Waals surface area contributed by atoms with Crippen LogP contribution in [0.25, 0.3) is 0 Å². The third-order valence-electron chi connectivity index (χ3n) is 3.26. The number of hydrogen-bond donors (Lipinski definition) is 1. The number of hydrogen-bond acceptors (Lipinski definition) is 3. The number of morpholine rings is 1. The van der Waals surface area contributed by atoms with Crippen LogP contribution < -0.4 is 5.73 Å². The van der Waals surface area contributed by atoms with E-state index in [1.807, 2.05) is 18.2 Å². The van der Waals surface area contributed by atoms with E-state index in [-0.39, 0.29) is 12.1 Å². The lowest BCUT2D eigenvalue weighted by molar-refractivity contribution is -0.0332. The molecule has 1 aliphatic rings. The number of benzene rings is 1. The van der Waals surface area contributed by atoms with E-state index in [1.165, 1.54) is 0 Å². The van der Waals surface area contributed by atoms with Crippen molar-refractivity contribution in [3.05, 3.63) is 33.3 Å². The summed E-state index contributed by atoms with van der Waals surface area (Å²) in [6.45, 7) is 5.20. The Morgan fingerprint density at radius 1 is 1.61 bits per heavy atom. The van der Waals surface area contributed by atoms with Crippen LogP contribution in [0, 0.1) is 0 Å². The summed E-state index contributed by atoms with van der Waals surface area (Å²) in [6, 6.07) is 6.14. The highest BCUT2D eigenvalue weighted by atomic mass is 79.9. The first kappa shape index (κ1) is 14.3. The zero-order valence-electron chi connectivity index (χ0n) is 10.4. The van der Waals surface area contributed by atoms with E-state index < -0.39 is 0 Å². The normalized spacial score (nSPS) is 23.0. The van der Waals surface area contributed by atoms with Crippen molar-refractivity contribution in [3.63, 3.8) is 0 Å². The molecule has 0 amide bonds. The maximum absolute atomic E-state index is 6.32. The van der Waals surface area contributed by atoms with Crippen molar-refractivity contribution in [3.8, 4) is 0 Å². The lowest BCUT2D eigenvalue weighted by atomic mass is 10.0. The van der Waals surface area contributed by atoms with Crippen molar-refractivity contribution in [2.45, 2.75) is 19.1 Å². The van der Waals surface area contributed by atoms with Crippen LogP contribution in [-0.2, 0) is 4.74 Å². The fraction of sp³-hybridized carbons (Fsp3) is 0.538. The van der Waals surface area contributed by atoms with E-state index in [0.29, 0.717) is 6.54 Å². The maximum atomic E-state index is 6.32. The van der Waals surface area contributed by atoms with E-state index in [9.17, 15) is 0 Å². The zero-order chi connectivity index (χ0) is 13.1. The standard InChI is InChI=1S/C13H18BrClN2O/c1-9-8-17(4-5-18-9)13(7-16)11-3-2-10(14)6-12(11)15/h2-3,6,9,13H,4-5,7-8,16H2,1H3. The second kappa shape index (κ2) is 6.35. The predicted molar refractivity (Wildman–Crippen MR) is 77.9 cm³/mol. The Labute approximate surface area is 121 Å². The van der Waals surface area contributed by atoms with Gasteiger partial charge >= 0.3 is 0 Å². The molecule has 2 rings (SSSR count). The first-order chi connectivity index (χ1) is 8.61. The summed E-state index contributed by atoms with van der Waals surface area (Å²) in [7, 11) is 0. The van der Waals surface area contributed by atoms with Crippen LogP contribution in [-0.4, -0.2) is 37.2 Å². The molecule has 1 heterocycles. The summed E-state index contributed by atoms with van der Waals surface area (Å²) in [5.41, 5.74) is 7.03. The minimum atomic E-state index is 0.164. The van der Waals surface area contributed by atoms with Gasteiger partial charge in [-0.25, -0.2) is 0 Å². The summed E-state index contributed by atoms with van der Waals surface area (Å²) in [5.74, 6) is 0. The second-order valence-electron chi connectivity index (χ2n) is 4.59. The molecule has 0 radical (unpaired) electrons. The minimum Gasteiger partial charge on any atom is -0.376 e. The lowest BCUT2D eigenvalue weighted by Gasteiger charge is -2.37. The topological polar surface area (TPSA) is 38.5 Å². The summed E-state index contributed by atoms with van der Waals surface area (Å²) >= 11 is 9.74. The van der Waals surface area contributed by atoms with Crippen molar-refractivity contribution in [2.24, 2.45) is 5.73 Å². The van der Waals surface area contributed by atoms with Crippen molar-refractivity contribution >= 4 is 27.5 Å². The molecule has 18 heavy (non-hydrogen) atoms. The highest BCUT2D eigenvalue weighted by Gasteiger charge is 2.25. The van der Waals surface area contributed by atoms with Crippen LogP contribution in [0.5, 0.6) is 0 Å². The largest absolute Gasteiger partial charge is 0.376 e. The molecular weight excluding hydrogens is 316 g/mol. The Bertz CT molecular complexity index is 416. The van der Waals surface area contributed by atoms with Crippen LogP contribution in [0.2, 0.25) is 5.02 Å². The van der Waals surface area contributed by atoms with Gasteiger partial charge in [0, 0.05) is 35.2 Å². The fourth-order valence-electron chi connectivity index (χ4n) is 2.37. The molecule has 1 fully saturated rings. The van der Waals surface area contributed by atoms with E-state index in [0.717, 1.165) is 34.8 Å². The van der Waals surface area contributed by atoms with Gasteiger partial charge in [-0.1, -0.05) is 33.6 Å². The predicted octanol–water partition coefficient (Wildman–Crippen LogP) is 2.82. The Hall–Kier alpha value is -0.130. The van der Waals surface area contributed by atoms with Gasteiger partial charge in [-0.15, -0.1) is 0 Å². The van der Waals surface area contributed by atoms with Crippen LogP contribution in [0.3, 0.4) is 0 Å². The molecule has 1 aliphatic heterocycles. The van der Waals surface area contributed by atoms with E-state index >= 15 is 0 Å². The number of halogens is 2. The SMILES string of the molecule is CC1CN(C(CN)c2ccc(Br)cc2Cl)CCO1. The first-order valence-corrected chi connectivity index (χ1v) is 7.29. The van der Waals surface area contributed by atoms with Crippen LogP contribution in [0.15, 0.2) is 22.7 Å². The van der Waals surface area contributed by atoms with Crippen LogP contribution in [0.1, 0.15) is 18.5 Å². The smallest absolute Gasteiger partial charge is 0.0674 e. The van der Waals surface area contributed by atoms with Crippen molar-refractivity contribution in [1.29, 1.82) is 0 Å². The Morgan fingerprint density at radius 2 is 2.39 bits per heavy atom. The van der Waals surface area contributed by atoms with E-state index in [1.54, 1.807) is 0 Å². The van der Waals surface area contributed by atoms with E-state index in [2.05, 4.69) is 27.8 Å². The molecule has 2 unspecified atom stereocenters. The van der Waals surface area contributed by atoms with Gasteiger partial charge in [0.15, 0.2) is 0 Å². The molecule has 5 heteroatoms. The lowest BCUT2D eigenvalue weighted by Crippen LogP contribution is -2.45.